The van der Waals surface area contributed by atoms with E-state index in [4.69, 9.17) is 4.74 Å². The molecule has 1 aromatic carbocycles. The fourth-order valence-electron chi connectivity index (χ4n) is 2.50. The molecule has 1 aliphatic heterocycles. The van der Waals surface area contributed by atoms with E-state index < -0.39 is 9.84 Å². The molecule has 1 aromatic rings. The summed E-state index contributed by atoms with van der Waals surface area (Å²) in [4.78, 5) is 11.7. The Labute approximate surface area is 137 Å². The maximum Gasteiger partial charge on any atom is 0.315 e. The summed E-state index contributed by atoms with van der Waals surface area (Å²) < 4.78 is 28.3. The number of ether oxygens (including phenoxy) is 1. The number of benzene rings is 1. The Bertz CT molecular complexity index is 604. The predicted molar refractivity (Wildman–Crippen MR) is 89.0 cm³/mol. The van der Waals surface area contributed by atoms with Crippen LogP contribution in [0.15, 0.2) is 30.3 Å². The summed E-state index contributed by atoms with van der Waals surface area (Å²) in [6.45, 7) is 3.04. The molecule has 0 bridgehead atoms. The molecule has 0 aliphatic carbocycles. The molecule has 2 rings (SSSR count). The molecule has 1 heterocycles. The Hall–Kier alpha value is -1.60. The first-order valence-corrected chi connectivity index (χ1v) is 9.70. The number of carbonyl (C=O) groups excluding carboxylic acids is 1. The second-order valence-corrected chi connectivity index (χ2v) is 8.01. The van der Waals surface area contributed by atoms with Gasteiger partial charge in [0.2, 0.25) is 0 Å². The average Bonchev–Trinajstić information content (AvgIpc) is 2.86. The summed E-state index contributed by atoms with van der Waals surface area (Å²) in [5.74, 6) is 0.196. The Kier molecular flexibility index (Phi) is 6.41. The van der Waals surface area contributed by atoms with Gasteiger partial charge in [0.15, 0.2) is 9.84 Å². The molecule has 6 nitrogen and oxygen atoms in total. The highest BCUT2D eigenvalue weighted by molar-refractivity contribution is 7.91. The van der Waals surface area contributed by atoms with E-state index in [-0.39, 0.29) is 29.7 Å². The van der Waals surface area contributed by atoms with E-state index in [1.807, 2.05) is 37.3 Å². The Morgan fingerprint density at radius 1 is 1.35 bits per heavy atom. The maximum absolute atomic E-state index is 11.7. The first-order chi connectivity index (χ1) is 11.0. The van der Waals surface area contributed by atoms with E-state index in [2.05, 4.69) is 10.6 Å². The lowest BCUT2D eigenvalue weighted by molar-refractivity contribution is 0.0644. The smallest absolute Gasteiger partial charge is 0.315 e. The van der Waals surface area contributed by atoms with Crippen molar-refractivity contribution in [2.45, 2.75) is 31.9 Å². The van der Waals surface area contributed by atoms with Gasteiger partial charge in [0.05, 0.1) is 17.6 Å². The number of urea groups is 1. The lowest BCUT2D eigenvalue weighted by Gasteiger charge is -2.14. The highest BCUT2D eigenvalue weighted by Gasteiger charge is 2.28. The summed E-state index contributed by atoms with van der Waals surface area (Å²) in [5, 5.41) is 5.42. The molecule has 2 N–H and O–H groups in total. The first-order valence-electron chi connectivity index (χ1n) is 7.87. The standard InChI is InChI=1S/C16H24N2O4S/c1-13(14-6-3-2-4-7-14)22-10-5-9-17-16(19)18-15-8-11-23(20,21)12-15/h2-4,6-7,13,15H,5,8-12H2,1H3,(H2,17,18,19)/t13-,15+/m1/s1. The van der Waals surface area contributed by atoms with E-state index in [1.165, 1.54) is 0 Å². The van der Waals surface area contributed by atoms with Gasteiger partial charge < -0.3 is 15.4 Å². The molecular formula is C16H24N2O4S. The summed E-state index contributed by atoms with van der Waals surface area (Å²) >= 11 is 0. The van der Waals surface area contributed by atoms with Gasteiger partial charge in [0.1, 0.15) is 0 Å². The number of nitrogens with one attached hydrogen (secondary N) is 2. The third-order valence-electron chi connectivity index (χ3n) is 3.81. The summed E-state index contributed by atoms with van der Waals surface area (Å²) in [5.41, 5.74) is 1.13. The van der Waals surface area contributed by atoms with Crippen LogP contribution in [-0.4, -0.2) is 45.1 Å². The van der Waals surface area contributed by atoms with Crippen molar-refractivity contribution >= 4 is 15.9 Å². The molecule has 1 fully saturated rings. The van der Waals surface area contributed by atoms with Crippen molar-refractivity contribution in [1.29, 1.82) is 0 Å². The van der Waals surface area contributed by atoms with E-state index in [1.54, 1.807) is 0 Å². The van der Waals surface area contributed by atoms with Crippen LogP contribution in [0.4, 0.5) is 4.79 Å². The predicted octanol–water partition coefficient (Wildman–Crippen LogP) is 1.64. The van der Waals surface area contributed by atoms with Gasteiger partial charge in [0, 0.05) is 19.2 Å². The summed E-state index contributed by atoms with van der Waals surface area (Å²) in [7, 11) is -2.97. The second-order valence-electron chi connectivity index (χ2n) is 5.78. The topological polar surface area (TPSA) is 84.5 Å². The maximum atomic E-state index is 11.7. The highest BCUT2D eigenvalue weighted by atomic mass is 32.2. The van der Waals surface area contributed by atoms with Gasteiger partial charge in [-0.15, -0.1) is 0 Å². The van der Waals surface area contributed by atoms with Gasteiger partial charge >= 0.3 is 6.03 Å². The van der Waals surface area contributed by atoms with Crippen LogP contribution in [0.2, 0.25) is 0 Å². The van der Waals surface area contributed by atoms with Crippen LogP contribution in [0.25, 0.3) is 0 Å². The lowest BCUT2D eigenvalue weighted by atomic mass is 10.1. The van der Waals surface area contributed by atoms with Crippen molar-refractivity contribution in [3.05, 3.63) is 35.9 Å². The fraction of sp³-hybridized carbons (Fsp3) is 0.562. The molecule has 0 spiro atoms. The number of hydrogen-bond acceptors (Lipinski definition) is 4. The van der Waals surface area contributed by atoms with Crippen molar-refractivity contribution in [2.75, 3.05) is 24.7 Å². The largest absolute Gasteiger partial charge is 0.374 e. The van der Waals surface area contributed by atoms with E-state index in [0.29, 0.717) is 26.0 Å². The lowest BCUT2D eigenvalue weighted by Crippen LogP contribution is -2.43. The molecule has 23 heavy (non-hydrogen) atoms. The van der Waals surface area contributed by atoms with Crippen LogP contribution < -0.4 is 10.6 Å². The van der Waals surface area contributed by atoms with Gasteiger partial charge in [-0.05, 0) is 25.3 Å². The van der Waals surface area contributed by atoms with Crippen LogP contribution in [0.5, 0.6) is 0 Å². The monoisotopic (exact) mass is 340 g/mol. The molecule has 0 radical (unpaired) electrons. The summed E-state index contributed by atoms with van der Waals surface area (Å²) in [6.07, 6.45) is 1.22. The Morgan fingerprint density at radius 2 is 2.09 bits per heavy atom. The molecule has 0 saturated carbocycles. The Balaban J connectivity index is 1.56. The molecule has 0 aromatic heterocycles. The molecule has 0 unspecified atom stereocenters. The quantitative estimate of drug-likeness (QED) is 0.739. The number of hydrogen-bond donors (Lipinski definition) is 2. The Morgan fingerprint density at radius 3 is 2.74 bits per heavy atom. The van der Waals surface area contributed by atoms with Gasteiger partial charge in [0.25, 0.3) is 0 Å². The zero-order valence-electron chi connectivity index (χ0n) is 13.3. The van der Waals surface area contributed by atoms with Gasteiger partial charge in [-0.2, -0.15) is 0 Å². The number of sulfone groups is 1. The van der Waals surface area contributed by atoms with Crippen molar-refractivity contribution in [2.24, 2.45) is 0 Å². The zero-order chi connectivity index (χ0) is 16.7. The third-order valence-corrected chi connectivity index (χ3v) is 5.58. The zero-order valence-corrected chi connectivity index (χ0v) is 14.1. The summed E-state index contributed by atoms with van der Waals surface area (Å²) in [6, 6.07) is 9.37. The number of carbonyl (C=O) groups is 1. The molecule has 1 aliphatic rings. The SMILES string of the molecule is C[C@@H](OCCCNC(=O)N[C@H]1CCS(=O)(=O)C1)c1ccccc1. The molecule has 7 heteroatoms. The minimum atomic E-state index is -2.97. The minimum absolute atomic E-state index is 0.0220. The molecule has 2 atom stereocenters. The van der Waals surface area contributed by atoms with Crippen LogP contribution in [0, 0.1) is 0 Å². The fourth-order valence-corrected chi connectivity index (χ4v) is 4.17. The van der Waals surface area contributed by atoms with Crippen LogP contribution >= 0.6 is 0 Å². The molecular weight excluding hydrogens is 316 g/mol. The van der Waals surface area contributed by atoms with Gasteiger partial charge in [-0.3, -0.25) is 0 Å². The first kappa shape index (κ1) is 17.7. The third kappa shape index (κ3) is 6.19. The normalized spacial score (nSPS) is 20.8. The molecule has 128 valence electrons. The minimum Gasteiger partial charge on any atom is -0.374 e. The van der Waals surface area contributed by atoms with Crippen molar-refractivity contribution in [3.63, 3.8) is 0 Å². The van der Waals surface area contributed by atoms with Gasteiger partial charge in [-0.1, -0.05) is 30.3 Å². The van der Waals surface area contributed by atoms with Crippen molar-refractivity contribution in [1.82, 2.24) is 10.6 Å². The number of rotatable bonds is 7. The van der Waals surface area contributed by atoms with Crippen LogP contribution in [-0.2, 0) is 14.6 Å². The van der Waals surface area contributed by atoms with Crippen LogP contribution in [0.3, 0.4) is 0 Å². The van der Waals surface area contributed by atoms with Crippen molar-refractivity contribution < 1.29 is 17.9 Å². The highest BCUT2D eigenvalue weighted by Crippen LogP contribution is 2.15. The molecule has 2 amide bonds. The number of amides is 2. The van der Waals surface area contributed by atoms with E-state index in [9.17, 15) is 13.2 Å². The molecule has 1 saturated heterocycles. The van der Waals surface area contributed by atoms with Crippen LogP contribution in [0.1, 0.15) is 31.4 Å². The second kappa shape index (κ2) is 8.31. The van der Waals surface area contributed by atoms with Gasteiger partial charge in [-0.25, -0.2) is 13.2 Å². The van der Waals surface area contributed by atoms with Crippen molar-refractivity contribution in [3.8, 4) is 0 Å². The van der Waals surface area contributed by atoms with E-state index in [0.717, 1.165) is 5.56 Å². The average molecular weight is 340 g/mol. The van der Waals surface area contributed by atoms with E-state index >= 15 is 0 Å².